The van der Waals surface area contributed by atoms with Crippen LogP contribution in [0.15, 0.2) is 36.4 Å². The van der Waals surface area contributed by atoms with Gasteiger partial charge in [-0.25, -0.2) is 0 Å². The van der Waals surface area contributed by atoms with Crippen molar-refractivity contribution >= 4 is 29.5 Å². The van der Waals surface area contributed by atoms with Crippen molar-refractivity contribution in [1.82, 2.24) is 15.1 Å². The number of amides is 2. The van der Waals surface area contributed by atoms with Gasteiger partial charge in [0.05, 0.1) is 24.6 Å². The summed E-state index contributed by atoms with van der Waals surface area (Å²) in [6.45, 7) is 5.65. The van der Waals surface area contributed by atoms with Crippen LogP contribution in [0, 0.1) is 0 Å². The zero-order valence-corrected chi connectivity index (χ0v) is 16.2. The SMILES string of the molecule is O=CN1CCN(c2ccc(C(=O)Nc3ccccc3N3CCOCC3)nn2)CC1. The van der Waals surface area contributed by atoms with Crippen molar-refractivity contribution in [1.29, 1.82) is 0 Å². The standard InChI is InChI=1S/C20H24N6O3/c27-15-24-7-9-26(10-8-24)19-6-5-17(22-23-19)20(28)21-16-3-1-2-4-18(16)25-11-13-29-14-12-25/h1-6,15H,7-14H2,(H,21,28). The number of hydrogen-bond donors (Lipinski definition) is 1. The highest BCUT2D eigenvalue weighted by atomic mass is 16.5. The highest BCUT2D eigenvalue weighted by Crippen LogP contribution is 2.26. The summed E-state index contributed by atoms with van der Waals surface area (Å²) < 4.78 is 5.41. The number of carbonyl (C=O) groups excluding carboxylic acids is 2. The van der Waals surface area contributed by atoms with Gasteiger partial charge in [0.15, 0.2) is 11.5 Å². The Bertz CT molecular complexity index is 846. The van der Waals surface area contributed by atoms with E-state index >= 15 is 0 Å². The molecular formula is C20H24N6O3. The Kier molecular flexibility index (Phi) is 5.85. The van der Waals surface area contributed by atoms with Gasteiger partial charge in [-0.1, -0.05) is 12.1 Å². The lowest BCUT2D eigenvalue weighted by molar-refractivity contribution is -0.118. The smallest absolute Gasteiger partial charge is 0.276 e. The molecule has 3 heterocycles. The fraction of sp³-hybridized carbons (Fsp3) is 0.400. The first-order chi connectivity index (χ1) is 14.2. The largest absolute Gasteiger partial charge is 0.378 e. The first kappa shape index (κ1) is 19.1. The third-order valence-corrected chi connectivity index (χ3v) is 5.17. The van der Waals surface area contributed by atoms with E-state index in [0.717, 1.165) is 30.9 Å². The molecule has 0 spiro atoms. The fourth-order valence-electron chi connectivity index (χ4n) is 3.52. The van der Waals surface area contributed by atoms with Crippen molar-refractivity contribution < 1.29 is 14.3 Å². The van der Waals surface area contributed by atoms with Crippen LogP contribution in [0.1, 0.15) is 10.5 Å². The molecule has 1 N–H and O–H groups in total. The van der Waals surface area contributed by atoms with E-state index in [0.29, 0.717) is 45.2 Å². The highest BCUT2D eigenvalue weighted by molar-refractivity contribution is 6.04. The number of hydrogen-bond acceptors (Lipinski definition) is 7. The minimum atomic E-state index is -0.296. The molecule has 0 bridgehead atoms. The van der Waals surface area contributed by atoms with Gasteiger partial charge in [-0.15, -0.1) is 10.2 Å². The number of morpholine rings is 1. The van der Waals surface area contributed by atoms with Gasteiger partial charge in [-0.3, -0.25) is 9.59 Å². The van der Waals surface area contributed by atoms with E-state index in [1.807, 2.05) is 24.3 Å². The first-order valence-corrected chi connectivity index (χ1v) is 9.76. The Balaban J connectivity index is 1.42. The minimum Gasteiger partial charge on any atom is -0.378 e. The van der Waals surface area contributed by atoms with Gasteiger partial charge < -0.3 is 24.8 Å². The zero-order chi connectivity index (χ0) is 20.1. The van der Waals surface area contributed by atoms with Crippen LogP contribution in [0.5, 0.6) is 0 Å². The van der Waals surface area contributed by atoms with Gasteiger partial charge in [-0.2, -0.15) is 0 Å². The topological polar surface area (TPSA) is 90.9 Å². The summed E-state index contributed by atoms with van der Waals surface area (Å²) in [5.41, 5.74) is 1.98. The molecular weight excluding hydrogens is 372 g/mol. The molecule has 2 aromatic rings. The van der Waals surface area contributed by atoms with Crippen molar-refractivity contribution in [3.05, 3.63) is 42.1 Å². The Morgan fingerprint density at radius 1 is 0.931 bits per heavy atom. The van der Waals surface area contributed by atoms with Crippen molar-refractivity contribution in [2.45, 2.75) is 0 Å². The molecule has 1 aromatic heterocycles. The van der Waals surface area contributed by atoms with Gasteiger partial charge in [0.2, 0.25) is 6.41 Å². The lowest BCUT2D eigenvalue weighted by atomic mass is 10.2. The number of para-hydroxylation sites is 2. The fourth-order valence-corrected chi connectivity index (χ4v) is 3.52. The summed E-state index contributed by atoms with van der Waals surface area (Å²) in [7, 11) is 0. The Morgan fingerprint density at radius 3 is 2.38 bits per heavy atom. The Morgan fingerprint density at radius 2 is 1.69 bits per heavy atom. The molecule has 9 nitrogen and oxygen atoms in total. The van der Waals surface area contributed by atoms with Crippen molar-refractivity contribution in [2.75, 3.05) is 67.6 Å². The second-order valence-electron chi connectivity index (χ2n) is 6.98. The van der Waals surface area contributed by atoms with Crippen molar-refractivity contribution in [2.24, 2.45) is 0 Å². The summed E-state index contributed by atoms with van der Waals surface area (Å²) in [5.74, 6) is 0.413. The van der Waals surface area contributed by atoms with Crippen LogP contribution in [0.25, 0.3) is 0 Å². The van der Waals surface area contributed by atoms with E-state index in [2.05, 4.69) is 25.3 Å². The molecule has 9 heteroatoms. The minimum absolute atomic E-state index is 0.261. The van der Waals surface area contributed by atoms with E-state index in [9.17, 15) is 9.59 Å². The van der Waals surface area contributed by atoms with Crippen LogP contribution in [0.3, 0.4) is 0 Å². The number of carbonyl (C=O) groups is 2. The number of ether oxygens (including phenoxy) is 1. The highest BCUT2D eigenvalue weighted by Gasteiger charge is 2.19. The number of nitrogens with one attached hydrogen (secondary N) is 1. The number of benzene rings is 1. The molecule has 0 unspecified atom stereocenters. The summed E-state index contributed by atoms with van der Waals surface area (Å²) in [5, 5.41) is 11.3. The van der Waals surface area contributed by atoms with Gasteiger partial charge >= 0.3 is 0 Å². The average molecular weight is 396 g/mol. The molecule has 2 saturated heterocycles. The number of anilines is 3. The van der Waals surface area contributed by atoms with Crippen molar-refractivity contribution in [3.8, 4) is 0 Å². The number of nitrogens with zero attached hydrogens (tertiary/aromatic N) is 5. The van der Waals surface area contributed by atoms with E-state index in [4.69, 9.17) is 4.74 Å². The average Bonchev–Trinajstić information content (AvgIpc) is 2.80. The number of aromatic nitrogens is 2. The quantitative estimate of drug-likeness (QED) is 0.749. The predicted octanol–water partition coefficient (Wildman–Crippen LogP) is 0.844. The predicted molar refractivity (Wildman–Crippen MR) is 109 cm³/mol. The number of piperazine rings is 1. The summed E-state index contributed by atoms with van der Waals surface area (Å²) in [4.78, 5) is 29.5. The summed E-state index contributed by atoms with van der Waals surface area (Å²) in [6, 6.07) is 11.2. The molecule has 152 valence electrons. The lowest BCUT2D eigenvalue weighted by Gasteiger charge is -2.32. The maximum Gasteiger partial charge on any atom is 0.276 e. The van der Waals surface area contributed by atoms with Gasteiger partial charge in [0.25, 0.3) is 5.91 Å². The van der Waals surface area contributed by atoms with Crippen molar-refractivity contribution in [3.63, 3.8) is 0 Å². The monoisotopic (exact) mass is 396 g/mol. The molecule has 1 aromatic carbocycles. The molecule has 2 amide bonds. The zero-order valence-electron chi connectivity index (χ0n) is 16.2. The van der Waals surface area contributed by atoms with E-state index < -0.39 is 0 Å². The maximum absolute atomic E-state index is 12.7. The second kappa shape index (κ2) is 8.87. The molecule has 0 saturated carbocycles. The van der Waals surface area contributed by atoms with Crippen LogP contribution in [-0.2, 0) is 9.53 Å². The normalized spacial score (nSPS) is 17.2. The van der Waals surface area contributed by atoms with Crippen LogP contribution in [0.2, 0.25) is 0 Å². The van der Waals surface area contributed by atoms with Crippen LogP contribution in [0.4, 0.5) is 17.2 Å². The van der Waals surface area contributed by atoms with Gasteiger partial charge in [0.1, 0.15) is 0 Å². The molecule has 2 aliphatic heterocycles. The molecule has 29 heavy (non-hydrogen) atoms. The van der Waals surface area contributed by atoms with Gasteiger partial charge in [-0.05, 0) is 24.3 Å². The van der Waals surface area contributed by atoms with E-state index in [1.165, 1.54) is 0 Å². The second-order valence-corrected chi connectivity index (χ2v) is 6.98. The van der Waals surface area contributed by atoms with E-state index in [-0.39, 0.29) is 11.6 Å². The molecule has 0 atom stereocenters. The Hall–Kier alpha value is -3.20. The van der Waals surface area contributed by atoms with E-state index in [1.54, 1.807) is 17.0 Å². The molecule has 4 rings (SSSR count). The third-order valence-electron chi connectivity index (χ3n) is 5.17. The summed E-state index contributed by atoms with van der Waals surface area (Å²) >= 11 is 0. The summed E-state index contributed by atoms with van der Waals surface area (Å²) in [6.07, 6.45) is 0.866. The van der Waals surface area contributed by atoms with Crippen LogP contribution >= 0.6 is 0 Å². The van der Waals surface area contributed by atoms with Crippen LogP contribution < -0.4 is 15.1 Å². The maximum atomic E-state index is 12.7. The number of rotatable bonds is 5. The Labute approximate surface area is 169 Å². The molecule has 2 fully saturated rings. The van der Waals surface area contributed by atoms with Crippen LogP contribution in [-0.4, -0.2) is 79.9 Å². The first-order valence-electron chi connectivity index (χ1n) is 9.76. The molecule has 0 radical (unpaired) electrons. The third kappa shape index (κ3) is 4.45. The molecule has 0 aliphatic carbocycles. The lowest BCUT2D eigenvalue weighted by Crippen LogP contribution is -2.46. The molecule has 2 aliphatic rings. The van der Waals surface area contributed by atoms with Gasteiger partial charge in [0, 0.05) is 39.3 Å².